The molecule has 1 fully saturated rings. The summed E-state index contributed by atoms with van der Waals surface area (Å²) < 4.78 is 51.9. The molecule has 3 heterocycles. The molecular weight excluding hydrogens is 671 g/mol. The topological polar surface area (TPSA) is 178 Å². The molecule has 16 heteroatoms. The van der Waals surface area contributed by atoms with Crippen LogP contribution in [0.3, 0.4) is 0 Å². The lowest BCUT2D eigenvalue weighted by molar-refractivity contribution is -0.138. The minimum absolute atomic E-state index is 0.0106. The monoisotopic (exact) mass is 705 g/mol. The van der Waals surface area contributed by atoms with E-state index in [4.69, 9.17) is 15.2 Å². The lowest BCUT2D eigenvalue weighted by Crippen LogP contribution is -2.54. The van der Waals surface area contributed by atoms with E-state index in [-0.39, 0.29) is 36.3 Å². The smallest absolute Gasteiger partial charge is 0.416 e. The Kier molecular flexibility index (Phi) is 9.42. The molecule has 2 aliphatic heterocycles. The van der Waals surface area contributed by atoms with Gasteiger partial charge in [0, 0.05) is 35.8 Å². The number of methoxy groups -OCH3 is 1. The number of hydrogen-bond acceptors (Lipinski definition) is 11. The van der Waals surface area contributed by atoms with E-state index >= 15 is 0 Å². The summed E-state index contributed by atoms with van der Waals surface area (Å²) >= 11 is 0. The first-order valence-corrected chi connectivity index (χ1v) is 16.1. The van der Waals surface area contributed by atoms with Gasteiger partial charge in [-0.1, -0.05) is 6.07 Å². The van der Waals surface area contributed by atoms with Crippen LogP contribution >= 0.6 is 0 Å². The highest BCUT2D eigenvalue weighted by Crippen LogP contribution is 2.37. The molecule has 2 atom stereocenters. The number of piperidine rings is 1. The number of aromatic nitrogens is 2. The van der Waals surface area contributed by atoms with Gasteiger partial charge in [-0.15, -0.1) is 0 Å². The Morgan fingerprint density at radius 3 is 2.57 bits per heavy atom. The van der Waals surface area contributed by atoms with Gasteiger partial charge in [-0.05, 0) is 68.7 Å². The van der Waals surface area contributed by atoms with Crippen LogP contribution in [0.1, 0.15) is 69.9 Å². The normalized spacial score (nSPS) is 16.6. The minimum Gasteiger partial charge on any atom is -0.493 e. The van der Waals surface area contributed by atoms with Crippen molar-refractivity contribution in [3.63, 3.8) is 0 Å². The molecule has 1 saturated heterocycles. The number of nitrogens with zero attached hydrogens (tertiary/aromatic N) is 3. The van der Waals surface area contributed by atoms with Gasteiger partial charge in [0.1, 0.15) is 17.7 Å². The molecule has 0 radical (unpaired) electrons. The number of benzene rings is 3. The zero-order valence-electron chi connectivity index (χ0n) is 27.8. The third-order valence-electron chi connectivity index (χ3n) is 8.61. The van der Waals surface area contributed by atoms with Crippen LogP contribution in [-0.4, -0.2) is 64.8 Å². The Bertz CT molecular complexity index is 2070. The molecule has 2 aliphatic rings. The van der Waals surface area contributed by atoms with Crippen molar-refractivity contribution in [2.75, 3.05) is 36.6 Å². The fourth-order valence-electron chi connectivity index (χ4n) is 6.15. The first-order valence-electron chi connectivity index (χ1n) is 16.1. The van der Waals surface area contributed by atoms with E-state index in [1.165, 1.54) is 19.2 Å². The third-order valence-corrected chi connectivity index (χ3v) is 8.61. The zero-order chi connectivity index (χ0) is 36.6. The van der Waals surface area contributed by atoms with E-state index in [0.29, 0.717) is 58.3 Å². The zero-order valence-corrected chi connectivity index (χ0v) is 27.8. The van der Waals surface area contributed by atoms with Gasteiger partial charge in [0.2, 0.25) is 11.8 Å². The molecule has 0 bridgehead atoms. The molecule has 6 rings (SSSR count). The predicted molar refractivity (Wildman–Crippen MR) is 180 cm³/mol. The number of amides is 4. The summed E-state index contributed by atoms with van der Waals surface area (Å²) in [5.74, 6) is -0.751. The van der Waals surface area contributed by atoms with E-state index < -0.39 is 47.5 Å². The van der Waals surface area contributed by atoms with E-state index in [0.717, 1.165) is 17.0 Å². The van der Waals surface area contributed by atoms with Crippen molar-refractivity contribution >= 4 is 51.7 Å². The molecule has 0 spiro atoms. The second-order valence-corrected chi connectivity index (χ2v) is 12.2. The van der Waals surface area contributed by atoms with Crippen LogP contribution in [0.5, 0.6) is 11.5 Å². The van der Waals surface area contributed by atoms with Gasteiger partial charge < -0.3 is 25.8 Å². The summed E-state index contributed by atoms with van der Waals surface area (Å²) in [7, 11) is 1.47. The number of nitrogen functional groups attached to an aromatic ring is 1. The second kappa shape index (κ2) is 13.8. The number of nitrogens with two attached hydrogens (primary N) is 1. The van der Waals surface area contributed by atoms with Crippen molar-refractivity contribution < 1.29 is 41.8 Å². The van der Waals surface area contributed by atoms with Gasteiger partial charge in [0.15, 0.2) is 11.5 Å². The van der Waals surface area contributed by atoms with Crippen molar-refractivity contribution in [2.45, 2.75) is 51.4 Å². The highest BCUT2D eigenvalue weighted by molar-refractivity contribution is 6.25. The average molecular weight is 706 g/mol. The van der Waals surface area contributed by atoms with E-state index in [9.17, 15) is 32.3 Å². The molecule has 5 N–H and O–H groups in total. The first-order chi connectivity index (χ1) is 24.2. The predicted octanol–water partition coefficient (Wildman–Crippen LogP) is 5.00. The number of rotatable bonds is 11. The molecule has 1 aromatic heterocycles. The van der Waals surface area contributed by atoms with Crippen molar-refractivity contribution in [3.05, 3.63) is 76.6 Å². The summed E-state index contributed by atoms with van der Waals surface area (Å²) in [4.78, 5) is 60.4. The maximum absolute atomic E-state index is 13.4. The minimum atomic E-state index is -4.55. The number of hydrogen-bond donors (Lipinski definition) is 4. The number of nitrogens with one attached hydrogen (secondary N) is 3. The summed E-state index contributed by atoms with van der Waals surface area (Å²) in [5.41, 5.74) is 6.53. The van der Waals surface area contributed by atoms with Crippen LogP contribution in [0.25, 0.3) is 10.9 Å². The molecule has 4 amide bonds. The van der Waals surface area contributed by atoms with Crippen molar-refractivity contribution in [3.8, 4) is 11.5 Å². The first kappa shape index (κ1) is 34.9. The Labute approximate surface area is 289 Å². The lowest BCUT2D eigenvalue weighted by atomic mass is 10.0. The van der Waals surface area contributed by atoms with E-state index in [1.54, 1.807) is 38.1 Å². The SMILES string of the molecule is COc1cc2c(N[C@H](C)c3cc(N)cc(C(F)(F)F)c3)nc(C)nc2cc1OCCCNc1cccc2c1C(=O)N(C1CCC(=O)NC1=O)C2=O. The molecule has 0 saturated carbocycles. The van der Waals surface area contributed by atoms with E-state index in [2.05, 4.69) is 25.9 Å². The van der Waals surface area contributed by atoms with Crippen LogP contribution in [0.15, 0.2) is 48.5 Å². The van der Waals surface area contributed by atoms with Gasteiger partial charge in [-0.25, -0.2) is 9.97 Å². The lowest BCUT2D eigenvalue weighted by Gasteiger charge is -2.27. The molecular formula is C35H34F3N7O6. The fourth-order valence-corrected chi connectivity index (χ4v) is 6.15. The number of halogens is 3. The number of carbonyl (C=O) groups excluding carboxylic acids is 4. The van der Waals surface area contributed by atoms with Crippen molar-refractivity contribution in [1.29, 1.82) is 0 Å². The number of aryl methyl sites for hydroxylation is 1. The molecule has 13 nitrogen and oxygen atoms in total. The second-order valence-electron chi connectivity index (χ2n) is 12.2. The number of alkyl halides is 3. The largest absolute Gasteiger partial charge is 0.493 e. The molecule has 266 valence electrons. The number of imide groups is 2. The molecule has 3 aromatic carbocycles. The van der Waals surface area contributed by atoms with Crippen LogP contribution in [-0.2, 0) is 15.8 Å². The molecule has 51 heavy (non-hydrogen) atoms. The van der Waals surface area contributed by atoms with Gasteiger partial charge >= 0.3 is 6.18 Å². The van der Waals surface area contributed by atoms with Crippen LogP contribution < -0.4 is 31.2 Å². The van der Waals surface area contributed by atoms with Crippen molar-refractivity contribution in [2.24, 2.45) is 0 Å². The Hall–Kier alpha value is -5.93. The maximum Gasteiger partial charge on any atom is 0.416 e. The summed E-state index contributed by atoms with van der Waals surface area (Å²) in [6, 6.07) is 9.95. The molecule has 1 unspecified atom stereocenters. The highest BCUT2D eigenvalue weighted by atomic mass is 19.4. The maximum atomic E-state index is 13.4. The van der Waals surface area contributed by atoms with Crippen LogP contribution in [0.2, 0.25) is 0 Å². The van der Waals surface area contributed by atoms with Gasteiger partial charge in [-0.3, -0.25) is 29.4 Å². The number of fused-ring (bicyclic) bond motifs is 2. The van der Waals surface area contributed by atoms with E-state index in [1.807, 2.05) is 0 Å². The molecule has 4 aromatic rings. The summed E-state index contributed by atoms with van der Waals surface area (Å²) in [5, 5.41) is 9.11. The third kappa shape index (κ3) is 7.07. The number of carbonyl (C=O) groups is 4. The van der Waals surface area contributed by atoms with Gasteiger partial charge in [0.25, 0.3) is 11.8 Å². The van der Waals surface area contributed by atoms with Gasteiger partial charge in [0.05, 0.1) is 42.0 Å². The standard InChI is InChI=1S/C35H34F3N7O6/c1-17(19-12-20(35(36,37)38)14-21(39)13-19)41-31-23-15-27(50-3)28(16-25(23)42-18(2)43-31)51-11-5-10-40-24-7-4-6-22-30(24)34(49)45(33(22)48)26-8-9-29(46)44-32(26)47/h4,6-7,12-17,26,40H,5,8-11,39H2,1-3H3,(H,41,42,43)(H,44,46,47)/t17-,26?/m1/s1. The summed E-state index contributed by atoms with van der Waals surface area (Å²) in [6.07, 6.45) is -3.99. The van der Waals surface area contributed by atoms with Crippen LogP contribution in [0, 0.1) is 6.92 Å². The fraction of sp³-hybridized carbons (Fsp3) is 0.314. The average Bonchev–Trinajstić information content (AvgIpc) is 3.33. The Balaban J connectivity index is 1.12. The quantitative estimate of drug-likeness (QED) is 0.0938. The van der Waals surface area contributed by atoms with Gasteiger partial charge in [-0.2, -0.15) is 13.2 Å². The Morgan fingerprint density at radius 2 is 1.84 bits per heavy atom. The summed E-state index contributed by atoms with van der Waals surface area (Å²) in [6.45, 7) is 3.98. The Morgan fingerprint density at radius 1 is 1.06 bits per heavy atom. The van der Waals surface area contributed by atoms with Crippen LogP contribution in [0.4, 0.5) is 30.4 Å². The number of anilines is 3. The number of ether oxygens (including phenoxy) is 2. The molecule has 0 aliphatic carbocycles. The highest BCUT2D eigenvalue weighted by Gasteiger charge is 2.45. The van der Waals surface area contributed by atoms with Crippen molar-refractivity contribution in [1.82, 2.24) is 20.2 Å².